The minimum absolute atomic E-state index is 0.0455. The number of halogens is 1. The molecule has 1 saturated carbocycles. The summed E-state index contributed by atoms with van der Waals surface area (Å²) in [7, 11) is -4.03. The average molecular weight is 350 g/mol. The first-order valence-corrected chi connectivity index (χ1v) is 8.88. The molecule has 3 rings (SSSR count). The van der Waals surface area contributed by atoms with Gasteiger partial charge in [0.1, 0.15) is 10.7 Å². The molecule has 0 bridgehead atoms. The molecule has 0 aromatic heterocycles. The second-order valence-corrected chi connectivity index (χ2v) is 7.31. The average Bonchev–Trinajstić information content (AvgIpc) is 3.33. The zero-order valence-electron chi connectivity index (χ0n) is 12.6. The number of amides is 1. The van der Waals surface area contributed by atoms with E-state index in [1.54, 1.807) is 12.2 Å². The van der Waals surface area contributed by atoms with Gasteiger partial charge in [-0.3, -0.25) is 9.59 Å². The Morgan fingerprint density at radius 1 is 1.25 bits per heavy atom. The summed E-state index contributed by atoms with van der Waals surface area (Å²) < 4.78 is 40.6. The van der Waals surface area contributed by atoms with Crippen LogP contribution in [-0.4, -0.2) is 26.2 Å². The van der Waals surface area contributed by atoms with Gasteiger partial charge in [-0.15, -0.1) is 0 Å². The van der Waals surface area contributed by atoms with Crippen LogP contribution in [0.3, 0.4) is 0 Å². The van der Waals surface area contributed by atoms with Gasteiger partial charge >= 0.3 is 0 Å². The fraction of sp³-hybridized carbons (Fsp3) is 0.250. The van der Waals surface area contributed by atoms with Crippen LogP contribution >= 0.6 is 0 Å². The SMILES string of the molecule is O=C1CC=CC=C1NC(=O)c1ccc(F)c(S(=O)(=O)NC2CC2)c1. The fourth-order valence-corrected chi connectivity index (χ4v) is 3.59. The molecule has 1 fully saturated rings. The zero-order chi connectivity index (χ0) is 17.3. The molecule has 0 unspecified atom stereocenters. The summed E-state index contributed by atoms with van der Waals surface area (Å²) in [5, 5.41) is 2.42. The Hall–Kier alpha value is -2.32. The van der Waals surface area contributed by atoms with Crippen molar-refractivity contribution in [1.82, 2.24) is 10.0 Å². The zero-order valence-corrected chi connectivity index (χ0v) is 13.4. The summed E-state index contributed by atoms with van der Waals surface area (Å²) >= 11 is 0. The number of carbonyl (C=O) groups is 2. The van der Waals surface area contributed by atoms with E-state index in [-0.39, 0.29) is 29.5 Å². The van der Waals surface area contributed by atoms with Crippen molar-refractivity contribution < 1.29 is 22.4 Å². The summed E-state index contributed by atoms with van der Waals surface area (Å²) in [5.41, 5.74) is 0.0724. The van der Waals surface area contributed by atoms with E-state index in [9.17, 15) is 22.4 Å². The van der Waals surface area contributed by atoms with E-state index in [4.69, 9.17) is 0 Å². The normalized spacial score (nSPS) is 17.5. The number of allylic oxidation sites excluding steroid dienone is 4. The molecule has 24 heavy (non-hydrogen) atoms. The van der Waals surface area contributed by atoms with Crippen LogP contribution < -0.4 is 10.0 Å². The minimum atomic E-state index is -4.03. The number of Topliss-reactive ketones (excluding diaryl/α,β-unsaturated/α-hetero) is 1. The van der Waals surface area contributed by atoms with Crippen LogP contribution in [0.15, 0.2) is 47.0 Å². The third kappa shape index (κ3) is 3.60. The lowest BCUT2D eigenvalue weighted by Gasteiger charge is -2.11. The van der Waals surface area contributed by atoms with Crippen molar-refractivity contribution in [3.63, 3.8) is 0 Å². The molecule has 1 aromatic rings. The predicted molar refractivity (Wildman–Crippen MR) is 84.1 cm³/mol. The topological polar surface area (TPSA) is 92.3 Å². The maximum absolute atomic E-state index is 13.9. The first-order valence-electron chi connectivity index (χ1n) is 7.40. The molecule has 0 radical (unpaired) electrons. The number of rotatable bonds is 5. The Kier molecular flexibility index (Phi) is 4.33. The van der Waals surface area contributed by atoms with Gasteiger partial charge in [0.25, 0.3) is 5.91 Å². The smallest absolute Gasteiger partial charge is 0.255 e. The lowest BCUT2D eigenvalue weighted by molar-refractivity contribution is -0.115. The number of sulfonamides is 1. The van der Waals surface area contributed by atoms with Gasteiger partial charge in [0, 0.05) is 18.0 Å². The van der Waals surface area contributed by atoms with Crippen LogP contribution in [0.5, 0.6) is 0 Å². The summed E-state index contributed by atoms with van der Waals surface area (Å²) in [5.74, 6) is -1.86. The Labute approximate surface area is 138 Å². The molecule has 126 valence electrons. The lowest BCUT2D eigenvalue weighted by atomic mass is 10.1. The number of nitrogens with one attached hydrogen (secondary N) is 2. The van der Waals surface area contributed by atoms with Crippen molar-refractivity contribution in [2.45, 2.75) is 30.2 Å². The highest BCUT2D eigenvalue weighted by Crippen LogP contribution is 2.24. The maximum atomic E-state index is 13.9. The number of benzene rings is 1. The van der Waals surface area contributed by atoms with Crippen LogP contribution in [0.2, 0.25) is 0 Å². The van der Waals surface area contributed by atoms with E-state index in [0.717, 1.165) is 12.1 Å². The molecule has 6 nitrogen and oxygen atoms in total. The first-order chi connectivity index (χ1) is 11.4. The van der Waals surface area contributed by atoms with Crippen molar-refractivity contribution in [2.75, 3.05) is 0 Å². The first kappa shape index (κ1) is 16.5. The molecule has 2 aliphatic rings. The van der Waals surface area contributed by atoms with Crippen LogP contribution in [0.4, 0.5) is 4.39 Å². The van der Waals surface area contributed by atoms with E-state index >= 15 is 0 Å². The Balaban J connectivity index is 1.85. The number of ketones is 1. The van der Waals surface area contributed by atoms with Gasteiger partial charge in [-0.1, -0.05) is 12.2 Å². The lowest BCUT2D eigenvalue weighted by Crippen LogP contribution is -2.29. The molecule has 1 aromatic carbocycles. The Bertz CT molecular complexity index is 870. The molecular formula is C16H15FN2O4S. The fourth-order valence-electron chi connectivity index (χ4n) is 2.18. The maximum Gasteiger partial charge on any atom is 0.255 e. The van der Waals surface area contributed by atoms with Crippen molar-refractivity contribution >= 4 is 21.7 Å². The third-order valence-electron chi connectivity index (χ3n) is 3.63. The van der Waals surface area contributed by atoms with Gasteiger partial charge in [0.2, 0.25) is 10.0 Å². The van der Waals surface area contributed by atoms with Crippen LogP contribution in [0, 0.1) is 5.82 Å². The molecule has 2 N–H and O–H groups in total. The Morgan fingerprint density at radius 3 is 2.67 bits per heavy atom. The highest BCUT2D eigenvalue weighted by molar-refractivity contribution is 7.89. The molecule has 0 atom stereocenters. The minimum Gasteiger partial charge on any atom is -0.319 e. The molecule has 8 heteroatoms. The molecule has 0 saturated heterocycles. The summed E-state index contributed by atoms with van der Waals surface area (Å²) in [6, 6.07) is 2.89. The summed E-state index contributed by atoms with van der Waals surface area (Å²) in [6.45, 7) is 0. The van der Waals surface area contributed by atoms with E-state index in [1.165, 1.54) is 12.1 Å². The van der Waals surface area contributed by atoms with Gasteiger partial charge in [-0.25, -0.2) is 17.5 Å². The molecular weight excluding hydrogens is 335 g/mol. The molecule has 0 heterocycles. The van der Waals surface area contributed by atoms with Gasteiger partial charge in [0.05, 0.1) is 5.70 Å². The van der Waals surface area contributed by atoms with Gasteiger partial charge in [0.15, 0.2) is 5.78 Å². The van der Waals surface area contributed by atoms with Gasteiger partial charge in [-0.05, 0) is 37.1 Å². The summed E-state index contributed by atoms with van der Waals surface area (Å²) in [4.78, 5) is 23.3. The van der Waals surface area contributed by atoms with Crippen molar-refractivity contribution in [2.24, 2.45) is 0 Å². The largest absolute Gasteiger partial charge is 0.319 e. The quantitative estimate of drug-likeness (QED) is 0.840. The second kappa shape index (κ2) is 6.29. The highest BCUT2D eigenvalue weighted by Gasteiger charge is 2.30. The molecule has 2 aliphatic carbocycles. The highest BCUT2D eigenvalue weighted by atomic mass is 32.2. The molecule has 0 aliphatic heterocycles. The Morgan fingerprint density at radius 2 is 2.00 bits per heavy atom. The third-order valence-corrected chi connectivity index (χ3v) is 5.17. The van der Waals surface area contributed by atoms with Gasteiger partial charge in [-0.2, -0.15) is 0 Å². The standard InChI is InChI=1S/C16H15FN2O4S/c17-12-8-5-10(9-15(12)24(22,23)19-11-6-7-11)16(21)18-13-3-1-2-4-14(13)20/h1-3,5,8-9,11,19H,4,6-7H2,(H,18,21). The molecule has 0 spiro atoms. The monoisotopic (exact) mass is 350 g/mol. The number of hydrogen-bond acceptors (Lipinski definition) is 4. The predicted octanol–water partition coefficient (Wildman–Crippen LogP) is 1.41. The summed E-state index contributed by atoms with van der Waals surface area (Å²) in [6.07, 6.45) is 6.36. The van der Waals surface area contributed by atoms with Crippen LogP contribution in [0.1, 0.15) is 29.6 Å². The van der Waals surface area contributed by atoms with E-state index in [2.05, 4.69) is 10.0 Å². The molecule has 1 amide bonds. The van der Waals surface area contributed by atoms with E-state index < -0.39 is 26.6 Å². The van der Waals surface area contributed by atoms with E-state index in [0.29, 0.717) is 12.8 Å². The second-order valence-electron chi connectivity index (χ2n) is 5.63. The van der Waals surface area contributed by atoms with Crippen LogP contribution in [0.25, 0.3) is 0 Å². The van der Waals surface area contributed by atoms with Crippen molar-refractivity contribution in [3.05, 3.63) is 53.5 Å². The van der Waals surface area contributed by atoms with Gasteiger partial charge < -0.3 is 5.32 Å². The number of hydrogen-bond donors (Lipinski definition) is 2. The van der Waals surface area contributed by atoms with Crippen molar-refractivity contribution in [1.29, 1.82) is 0 Å². The van der Waals surface area contributed by atoms with E-state index in [1.807, 2.05) is 0 Å². The van der Waals surface area contributed by atoms with Crippen molar-refractivity contribution in [3.8, 4) is 0 Å². The van der Waals surface area contributed by atoms with Crippen LogP contribution in [-0.2, 0) is 14.8 Å². The number of carbonyl (C=O) groups excluding carboxylic acids is 2.